The van der Waals surface area contributed by atoms with E-state index in [0.29, 0.717) is 38.8 Å². The van der Waals surface area contributed by atoms with Crippen LogP contribution in [0.15, 0.2) is 54.6 Å². The van der Waals surface area contributed by atoms with Crippen molar-refractivity contribution in [3.63, 3.8) is 0 Å². The van der Waals surface area contributed by atoms with E-state index in [1.54, 1.807) is 35.9 Å². The number of ether oxygens (including phenoxy) is 2. The quantitative estimate of drug-likeness (QED) is 0.115. The van der Waals surface area contributed by atoms with Crippen molar-refractivity contribution < 1.29 is 43.7 Å². The maximum absolute atomic E-state index is 14.5. The van der Waals surface area contributed by atoms with Gasteiger partial charge in [-0.3, -0.25) is 24.1 Å². The lowest BCUT2D eigenvalue weighted by Crippen LogP contribution is -2.60. The number of rotatable bonds is 24. The molecule has 0 aromatic heterocycles. The van der Waals surface area contributed by atoms with Gasteiger partial charge < -0.3 is 40.1 Å². The van der Waals surface area contributed by atoms with Crippen LogP contribution in [0.4, 0.5) is 0 Å². The normalized spacial score (nSPS) is 18.2. The predicted octanol–water partition coefficient (Wildman–Crippen LogP) is 4.76. The second kappa shape index (κ2) is 24.2. The molecule has 0 saturated carbocycles. The van der Waals surface area contributed by atoms with Crippen molar-refractivity contribution in [3.8, 4) is 5.75 Å². The Kier molecular flexibility index (Phi) is 20.2. The highest BCUT2D eigenvalue weighted by atomic mass is 16.5. The Morgan fingerprint density at radius 1 is 0.852 bits per heavy atom. The Hall–Kier alpha value is -4.53. The maximum atomic E-state index is 14.5. The number of nitrogens with one attached hydrogen (secondary N) is 2. The summed E-state index contributed by atoms with van der Waals surface area (Å²) in [6, 6.07) is 12.7. The fourth-order valence-corrected chi connectivity index (χ4v) is 8.75. The number of aliphatic carboxylic acids is 1. The molecule has 14 nitrogen and oxygen atoms in total. The summed E-state index contributed by atoms with van der Waals surface area (Å²) in [6.07, 6.45) is 1.36. The third-order valence-corrected chi connectivity index (χ3v) is 12.5. The number of hydrogen-bond donors (Lipinski definition) is 4. The molecule has 9 unspecified atom stereocenters. The van der Waals surface area contributed by atoms with Crippen molar-refractivity contribution in [1.82, 2.24) is 25.3 Å². The van der Waals surface area contributed by atoms with E-state index in [1.807, 2.05) is 96.0 Å². The van der Waals surface area contributed by atoms with Crippen molar-refractivity contribution in [2.75, 3.05) is 41.4 Å². The number of carboxylic acids is 1. The minimum atomic E-state index is -1.14. The molecule has 2 aromatic carbocycles. The van der Waals surface area contributed by atoms with Crippen LogP contribution in [0.3, 0.4) is 0 Å². The van der Waals surface area contributed by atoms with E-state index in [9.17, 15) is 34.2 Å². The lowest BCUT2D eigenvalue weighted by atomic mass is 9.89. The highest BCUT2D eigenvalue weighted by Gasteiger charge is 2.43. The topological polar surface area (TPSA) is 178 Å². The third-order valence-electron chi connectivity index (χ3n) is 12.5. The SMILES string of the molecule is CCC(C)C(C(CC(=O)N1CCCC1C(OC)C(C)C(=O)NC(Cc1ccccc1)C(=O)O)OC)N(C)C(=O)C(NC(=O)C(C(C)C)N(C)CCc1ccc(O)cc1)C(C)C. The largest absolute Gasteiger partial charge is 0.508 e. The molecule has 3 rings (SSSR count). The van der Waals surface area contributed by atoms with Gasteiger partial charge in [0.25, 0.3) is 0 Å². The van der Waals surface area contributed by atoms with Gasteiger partial charge in [-0.1, -0.05) is 97.4 Å². The molecule has 1 fully saturated rings. The molecule has 4 N–H and O–H groups in total. The van der Waals surface area contributed by atoms with Crippen molar-refractivity contribution in [2.45, 2.75) is 129 Å². The number of likely N-dealkylation sites (tertiary alicyclic amines) is 1. The number of phenolic OH excluding ortho intramolecular Hbond substituents is 1. The van der Waals surface area contributed by atoms with Gasteiger partial charge >= 0.3 is 5.97 Å². The van der Waals surface area contributed by atoms with E-state index in [0.717, 1.165) is 11.1 Å². The number of likely N-dealkylation sites (N-methyl/N-ethyl adjacent to an activating group) is 2. The minimum Gasteiger partial charge on any atom is -0.508 e. The van der Waals surface area contributed by atoms with Gasteiger partial charge in [-0.2, -0.15) is 0 Å². The molecule has 14 heteroatoms. The van der Waals surface area contributed by atoms with E-state index in [4.69, 9.17) is 9.47 Å². The van der Waals surface area contributed by atoms with Crippen LogP contribution in [0.1, 0.15) is 85.3 Å². The van der Waals surface area contributed by atoms with Crippen molar-refractivity contribution >= 4 is 29.6 Å². The second-order valence-corrected chi connectivity index (χ2v) is 17.5. The molecule has 0 spiro atoms. The lowest BCUT2D eigenvalue weighted by Gasteiger charge is -2.41. The molecule has 340 valence electrons. The van der Waals surface area contributed by atoms with Gasteiger partial charge in [-0.05, 0) is 67.3 Å². The summed E-state index contributed by atoms with van der Waals surface area (Å²) in [6.45, 7) is 14.5. The molecule has 1 aliphatic heterocycles. The average molecular weight is 852 g/mol. The maximum Gasteiger partial charge on any atom is 0.326 e. The number of hydrogen-bond acceptors (Lipinski definition) is 9. The van der Waals surface area contributed by atoms with Crippen LogP contribution in [0, 0.1) is 23.7 Å². The summed E-state index contributed by atoms with van der Waals surface area (Å²) < 4.78 is 11.9. The molecule has 2 aromatic rings. The predicted molar refractivity (Wildman–Crippen MR) is 236 cm³/mol. The van der Waals surface area contributed by atoms with Crippen LogP contribution < -0.4 is 10.6 Å². The van der Waals surface area contributed by atoms with Gasteiger partial charge in [0.2, 0.25) is 23.6 Å². The van der Waals surface area contributed by atoms with Crippen molar-refractivity contribution in [2.24, 2.45) is 23.7 Å². The molecule has 1 aliphatic rings. The van der Waals surface area contributed by atoms with Crippen LogP contribution in [0.2, 0.25) is 0 Å². The van der Waals surface area contributed by atoms with Crippen LogP contribution in [0.25, 0.3) is 0 Å². The lowest BCUT2D eigenvalue weighted by molar-refractivity contribution is -0.148. The molecule has 61 heavy (non-hydrogen) atoms. The van der Waals surface area contributed by atoms with E-state index in [2.05, 4.69) is 10.6 Å². The number of phenols is 1. The monoisotopic (exact) mass is 852 g/mol. The summed E-state index contributed by atoms with van der Waals surface area (Å²) in [7, 11) is 6.64. The van der Waals surface area contributed by atoms with Gasteiger partial charge in [-0.15, -0.1) is 0 Å². The number of carbonyl (C=O) groups is 5. The Bertz CT molecular complexity index is 1710. The summed E-state index contributed by atoms with van der Waals surface area (Å²) in [5.41, 5.74) is 1.81. The first-order chi connectivity index (χ1) is 28.9. The smallest absolute Gasteiger partial charge is 0.326 e. The van der Waals surface area contributed by atoms with Gasteiger partial charge in [-0.25, -0.2) is 4.79 Å². The highest BCUT2D eigenvalue weighted by molar-refractivity contribution is 5.90. The first kappa shape index (κ1) is 50.8. The number of carbonyl (C=O) groups excluding carboxylic acids is 4. The van der Waals surface area contributed by atoms with Crippen LogP contribution in [0.5, 0.6) is 5.75 Å². The molecular formula is C47H73N5O9. The van der Waals surface area contributed by atoms with Crippen LogP contribution in [-0.2, 0) is 46.3 Å². The first-order valence-electron chi connectivity index (χ1n) is 21.8. The fraction of sp³-hybridized carbons (Fsp3) is 0.638. The molecule has 0 aliphatic carbocycles. The van der Waals surface area contributed by atoms with Crippen LogP contribution in [-0.4, -0.2) is 138 Å². The molecule has 0 bridgehead atoms. The van der Waals surface area contributed by atoms with E-state index in [1.165, 1.54) is 14.2 Å². The second-order valence-electron chi connectivity index (χ2n) is 17.5. The Morgan fingerprint density at radius 2 is 1.49 bits per heavy atom. The minimum absolute atomic E-state index is 0.0330. The molecule has 9 atom stereocenters. The zero-order chi connectivity index (χ0) is 45.6. The third kappa shape index (κ3) is 14.0. The van der Waals surface area contributed by atoms with Gasteiger partial charge in [0.15, 0.2) is 0 Å². The number of benzene rings is 2. The fourth-order valence-electron chi connectivity index (χ4n) is 8.75. The number of carboxylic acid groups (broad SMARTS) is 1. The van der Waals surface area contributed by atoms with Gasteiger partial charge in [0, 0.05) is 40.8 Å². The molecule has 1 saturated heterocycles. The average Bonchev–Trinajstić information content (AvgIpc) is 3.71. The molecule has 0 radical (unpaired) electrons. The van der Waals surface area contributed by atoms with Crippen LogP contribution >= 0.6 is 0 Å². The number of aromatic hydroxyl groups is 1. The summed E-state index contributed by atoms with van der Waals surface area (Å²) >= 11 is 0. The van der Waals surface area contributed by atoms with E-state index < -0.39 is 60.2 Å². The number of nitrogens with zero attached hydrogens (tertiary/aromatic N) is 3. The molecule has 4 amide bonds. The van der Waals surface area contributed by atoms with Crippen molar-refractivity contribution in [1.29, 1.82) is 0 Å². The van der Waals surface area contributed by atoms with Gasteiger partial charge in [0.1, 0.15) is 17.8 Å². The summed E-state index contributed by atoms with van der Waals surface area (Å²) in [5.74, 6) is -3.28. The Labute approximate surface area is 363 Å². The summed E-state index contributed by atoms with van der Waals surface area (Å²) in [5, 5.41) is 25.4. The summed E-state index contributed by atoms with van der Waals surface area (Å²) in [4.78, 5) is 73.9. The highest BCUT2D eigenvalue weighted by Crippen LogP contribution is 2.30. The van der Waals surface area contributed by atoms with Crippen molar-refractivity contribution in [3.05, 3.63) is 65.7 Å². The van der Waals surface area contributed by atoms with Gasteiger partial charge in [0.05, 0.1) is 42.7 Å². The Morgan fingerprint density at radius 3 is 2.03 bits per heavy atom. The number of methoxy groups -OCH3 is 2. The standard InChI is InChI=1S/C47H73N5O9/c1-12-31(6)42(51(9)46(57)40(29(2)3)49-45(56)41(30(4)5)50(8)26-24-33-20-22-35(53)23-21-33)38(60-10)28-39(54)52-25-16-19-37(52)43(61-11)32(7)44(55)48-36(47(58)59)27-34-17-14-13-15-18-34/h13-15,17-18,20-23,29-32,36-38,40-43,53H,12,16,19,24-28H2,1-11H3,(H,48,55)(H,49,56)(H,58,59). The Balaban J connectivity index is 1.76. The van der Waals surface area contributed by atoms with E-state index in [-0.39, 0.29) is 54.1 Å². The van der Waals surface area contributed by atoms with E-state index >= 15 is 0 Å². The zero-order valence-corrected chi connectivity index (χ0v) is 38.3. The number of amides is 4. The molecule has 1 heterocycles. The zero-order valence-electron chi connectivity index (χ0n) is 38.3. The molecular weight excluding hydrogens is 779 g/mol. The first-order valence-corrected chi connectivity index (χ1v) is 21.8.